The molecule has 0 aliphatic carbocycles. The molecule has 0 saturated heterocycles. The number of halogens is 2. The van der Waals surface area contributed by atoms with Crippen molar-refractivity contribution >= 4 is 50.7 Å². The average Bonchev–Trinajstić information content (AvgIpc) is 2.96. The summed E-state index contributed by atoms with van der Waals surface area (Å²) in [5.41, 5.74) is 1.68. The number of aryl methyl sites for hydroxylation is 1. The van der Waals surface area contributed by atoms with Gasteiger partial charge in [-0.1, -0.05) is 72.9 Å². The number of carbonyl (C=O) groups is 2. The fourth-order valence-corrected chi connectivity index (χ4v) is 6.20. The number of nitrogens with zero attached hydrogens (tertiary/aromatic N) is 2. The predicted molar refractivity (Wildman–Crippen MR) is 168 cm³/mol. The van der Waals surface area contributed by atoms with Crippen molar-refractivity contribution in [2.24, 2.45) is 0 Å². The molecule has 3 aromatic carbocycles. The number of ether oxygens (including phenoxy) is 1. The van der Waals surface area contributed by atoms with Gasteiger partial charge in [0.1, 0.15) is 18.3 Å². The summed E-state index contributed by atoms with van der Waals surface area (Å²) < 4.78 is 34.3. The van der Waals surface area contributed by atoms with Crippen molar-refractivity contribution in [3.63, 3.8) is 0 Å². The summed E-state index contributed by atoms with van der Waals surface area (Å²) in [6.07, 6.45) is 1.01. The minimum Gasteiger partial charge on any atom is -0.495 e. The standard InChI is InChI=1S/C31H37Cl2N3O5S/c1-6-22(4)34-31(38)28(7-2)35(19-23-10-8-9-11-26(23)32)30(37)20-36(24-14-17-29(41-5)27(33)18-24)42(39,40)25-15-12-21(3)13-16-25/h8-18,22,28H,6-7,19-20H2,1-5H3,(H,34,38)/t22-,28-/m0/s1. The molecular weight excluding hydrogens is 597 g/mol. The molecule has 0 bridgehead atoms. The van der Waals surface area contributed by atoms with Crippen molar-refractivity contribution in [1.29, 1.82) is 0 Å². The Kier molecular flexibility index (Phi) is 11.7. The zero-order valence-electron chi connectivity index (χ0n) is 24.4. The van der Waals surface area contributed by atoms with E-state index >= 15 is 0 Å². The summed E-state index contributed by atoms with van der Waals surface area (Å²) in [6, 6.07) is 16.9. The Hall–Kier alpha value is -3.27. The molecule has 0 saturated carbocycles. The first-order valence-electron chi connectivity index (χ1n) is 13.7. The lowest BCUT2D eigenvalue weighted by molar-refractivity contribution is -0.140. The first kappa shape index (κ1) is 33.2. The maximum Gasteiger partial charge on any atom is 0.264 e. The lowest BCUT2D eigenvalue weighted by Gasteiger charge is -2.34. The highest BCUT2D eigenvalue weighted by Crippen LogP contribution is 2.32. The number of methoxy groups -OCH3 is 1. The molecule has 0 radical (unpaired) electrons. The lowest BCUT2D eigenvalue weighted by atomic mass is 10.1. The Morgan fingerprint density at radius 2 is 1.62 bits per heavy atom. The molecule has 3 rings (SSSR count). The number of rotatable bonds is 13. The second-order valence-electron chi connectivity index (χ2n) is 10.00. The highest BCUT2D eigenvalue weighted by atomic mass is 35.5. The van der Waals surface area contributed by atoms with E-state index in [4.69, 9.17) is 27.9 Å². The van der Waals surface area contributed by atoms with E-state index in [0.29, 0.717) is 29.2 Å². The molecule has 0 aliphatic rings. The molecule has 11 heteroatoms. The minimum absolute atomic E-state index is 0.00653. The molecule has 0 aliphatic heterocycles. The molecule has 1 N–H and O–H groups in total. The van der Waals surface area contributed by atoms with Crippen LogP contribution in [0.3, 0.4) is 0 Å². The summed E-state index contributed by atoms with van der Waals surface area (Å²) in [5, 5.41) is 3.56. The lowest BCUT2D eigenvalue weighted by Crippen LogP contribution is -2.53. The van der Waals surface area contributed by atoms with E-state index in [1.165, 1.54) is 42.3 Å². The summed E-state index contributed by atoms with van der Waals surface area (Å²) in [4.78, 5) is 29.0. The van der Waals surface area contributed by atoms with Crippen LogP contribution < -0.4 is 14.4 Å². The van der Waals surface area contributed by atoms with Crippen LogP contribution in [0.25, 0.3) is 0 Å². The van der Waals surface area contributed by atoms with Gasteiger partial charge in [-0.3, -0.25) is 13.9 Å². The van der Waals surface area contributed by atoms with Crippen LogP contribution in [0.1, 0.15) is 44.7 Å². The van der Waals surface area contributed by atoms with Gasteiger partial charge < -0.3 is 15.0 Å². The smallest absolute Gasteiger partial charge is 0.264 e. The van der Waals surface area contributed by atoms with E-state index in [9.17, 15) is 18.0 Å². The van der Waals surface area contributed by atoms with Gasteiger partial charge in [0.15, 0.2) is 0 Å². The molecule has 2 atom stereocenters. The van der Waals surface area contributed by atoms with Gasteiger partial charge in [0.05, 0.1) is 22.7 Å². The highest BCUT2D eigenvalue weighted by molar-refractivity contribution is 7.92. The molecule has 0 fully saturated rings. The zero-order chi connectivity index (χ0) is 31.0. The van der Waals surface area contributed by atoms with E-state index in [1.807, 2.05) is 20.8 Å². The van der Waals surface area contributed by atoms with Crippen molar-refractivity contribution in [2.45, 2.75) is 64.1 Å². The van der Waals surface area contributed by atoms with E-state index in [1.54, 1.807) is 43.3 Å². The van der Waals surface area contributed by atoms with Crippen molar-refractivity contribution in [2.75, 3.05) is 18.0 Å². The Bertz CT molecular complexity index is 1500. The predicted octanol–water partition coefficient (Wildman–Crippen LogP) is 6.23. The molecule has 226 valence electrons. The third-order valence-corrected chi connectivity index (χ3v) is 9.45. The van der Waals surface area contributed by atoms with Gasteiger partial charge in [0, 0.05) is 17.6 Å². The van der Waals surface area contributed by atoms with Gasteiger partial charge in [-0.05, 0) is 68.7 Å². The quantitative estimate of drug-likeness (QED) is 0.241. The maximum atomic E-state index is 14.2. The van der Waals surface area contributed by atoms with Crippen molar-refractivity contribution in [3.05, 3.63) is 87.9 Å². The van der Waals surface area contributed by atoms with Crippen LogP contribution >= 0.6 is 23.2 Å². The van der Waals surface area contributed by atoms with E-state index in [0.717, 1.165) is 9.87 Å². The first-order chi connectivity index (χ1) is 19.9. The monoisotopic (exact) mass is 633 g/mol. The summed E-state index contributed by atoms with van der Waals surface area (Å²) in [7, 11) is -2.78. The van der Waals surface area contributed by atoms with Gasteiger partial charge >= 0.3 is 0 Å². The molecular formula is C31H37Cl2N3O5S. The molecule has 42 heavy (non-hydrogen) atoms. The van der Waals surface area contributed by atoms with E-state index < -0.39 is 28.5 Å². The average molecular weight is 635 g/mol. The fourth-order valence-electron chi connectivity index (χ4n) is 4.35. The summed E-state index contributed by atoms with van der Waals surface area (Å²) in [6.45, 7) is 6.91. The molecule has 0 unspecified atom stereocenters. The van der Waals surface area contributed by atoms with Crippen LogP contribution in [0.4, 0.5) is 5.69 Å². The Morgan fingerprint density at radius 1 is 0.952 bits per heavy atom. The van der Waals surface area contributed by atoms with Crippen LogP contribution in [0.5, 0.6) is 5.75 Å². The normalized spacial score (nSPS) is 12.7. The molecule has 8 nitrogen and oxygen atoms in total. The second kappa shape index (κ2) is 14.8. The van der Waals surface area contributed by atoms with E-state index in [2.05, 4.69) is 5.32 Å². The Labute approximate surface area is 258 Å². The summed E-state index contributed by atoms with van der Waals surface area (Å²) >= 11 is 12.8. The van der Waals surface area contributed by atoms with Gasteiger partial charge in [0.25, 0.3) is 10.0 Å². The number of sulfonamides is 1. The minimum atomic E-state index is -4.23. The van der Waals surface area contributed by atoms with Crippen LogP contribution in [0, 0.1) is 6.92 Å². The highest BCUT2D eigenvalue weighted by Gasteiger charge is 2.34. The second-order valence-corrected chi connectivity index (χ2v) is 12.7. The first-order valence-corrected chi connectivity index (χ1v) is 15.9. The number of benzene rings is 3. The topological polar surface area (TPSA) is 96.0 Å². The van der Waals surface area contributed by atoms with Gasteiger partial charge in [-0.25, -0.2) is 8.42 Å². The number of hydrogen-bond acceptors (Lipinski definition) is 5. The SMILES string of the molecule is CC[C@H](C)NC(=O)[C@H](CC)N(Cc1ccccc1Cl)C(=O)CN(c1ccc(OC)c(Cl)c1)S(=O)(=O)c1ccc(C)cc1. The van der Waals surface area contributed by atoms with Gasteiger partial charge in [-0.2, -0.15) is 0 Å². The van der Waals surface area contributed by atoms with E-state index in [-0.39, 0.29) is 34.1 Å². The summed E-state index contributed by atoms with van der Waals surface area (Å²) in [5.74, 6) is -0.552. The molecule has 0 spiro atoms. The van der Waals surface area contributed by atoms with Crippen molar-refractivity contribution in [1.82, 2.24) is 10.2 Å². The van der Waals surface area contributed by atoms with Crippen LogP contribution in [-0.2, 0) is 26.2 Å². The molecule has 2 amide bonds. The molecule has 0 heterocycles. The largest absolute Gasteiger partial charge is 0.495 e. The number of nitrogens with one attached hydrogen (secondary N) is 1. The molecule has 3 aromatic rings. The fraction of sp³-hybridized carbons (Fsp3) is 0.355. The Morgan fingerprint density at radius 3 is 2.19 bits per heavy atom. The van der Waals surface area contributed by atoms with Crippen LogP contribution in [-0.4, -0.2) is 50.9 Å². The van der Waals surface area contributed by atoms with Gasteiger partial charge in [0.2, 0.25) is 11.8 Å². The number of anilines is 1. The third kappa shape index (κ3) is 7.96. The third-order valence-electron chi connectivity index (χ3n) is 7.00. The van der Waals surface area contributed by atoms with Crippen LogP contribution in [0.15, 0.2) is 71.6 Å². The van der Waals surface area contributed by atoms with Crippen molar-refractivity contribution < 1.29 is 22.7 Å². The maximum absolute atomic E-state index is 14.2. The van der Waals surface area contributed by atoms with Gasteiger partial charge in [-0.15, -0.1) is 0 Å². The van der Waals surface area contributed by atoms with Crippen molar-refractivity contribution in [3.8, 4) is 5.75 Å². The zero-order valence-corrected chi connectivity index (χ0v) is 26.8. The van der Waals surface area contributed by atoms with Crippen LogP contribution in [0.2, 0.25) is 10.0 Å². The number of amides is 2. The molecule has 0 aromatic heterocycles. The number of carbonyl (C=O) groups excluding carboxylic acids is 2. The number of hydrogen-bond donors (Lipinski definition) is 1. The Balaban J connectivity index is 2.11.